The number of halogens is 1. The lowest BCUT2D eigenvalue weighted by atomic mass is 9.97. The molecule has 0 spiro atoms. The summed E-state index contributed by atoms with van der Waals surface area (Å²) in [6, 6.07) is 12.0. The number of anilines is 2. The molecule has 1 heterocycles. The highest BCUT2D eigenvalue weighted by Gasteiger charge is 2.15. The van der Waals surface area contributed by atoms with E-state index < -0.39 is 0 Å². The highest BCUT2D eigenvalue weighted by molar-refractivity contribution is 6.30. The number of benzene rings is 2. The molecule has 3 rings (SSSR count). The summed E-state index contributed by atoms with van der Waals surface area (Å²) in [5, 5.41) is 4.15. The van der Waals surface area contributed by atoms with Crippen molar-refractivity contribution in [1.82, 2.24) is 0 Å². The number of ether oxygens (including phenoxy) is 1. The minimum atomic E-state index is 0.758. The number of fused-ring (bicyclic) bond motifs is 2. The molecule has 0 bridgehead atoms. The van der Waals surface area contributed by atoms with Crippen molar-refractivity contribution in [2.45, 2.75) is 6.42 Å². The Morgan fingerprint density at radius 3 is 2.76 bits per heavy atom. The Morgan fingerprint density at radius 1 is 1.06 bits per heavy atom. The van der Waals surface area contributed by atoms with Crippen LogP contribution in [0.15, 0.2) is 36.4 Å². The van der Waals surface area contributed by atoms with Crippen molar-refractivity contribution >= 4 is 23.0 Å². The highest BCUT2D eigenvalue weighted by atomic mass is 35.5. The molecule has 0 saturated carbocycles. The third kappa shape index (κ3) is 1.85. The normalized spacial score (nSPS) is 12.4. The molecule has 1 N–H and O–H groups in total. The molecule has 1 aliphatic heterocycles. The Bertz CT molecular complexity index is 580. The van der Waals surface area contributed by atoms with Gasteiger partial charge in [-0.25, -0.2) is 0 Å². The van der Waals surface area contributed by atoms with Crippen LogP contribution in [0.5, 0.6) is 5.75 Å². The number of nitrogens with one attached hydrogen (secondary N) is 1. The summed E-state index contributed by atoms with van der Waals surface area (Å²) in [6.45, 7) is 0. The van der Waals surface area contributed by atoms with Gasteiger partial charge in [-0.1, -0.05) is 17.7 Å². The molecule has 0 fully saturated rings. The van der Waals surface area contributed by atoms with Crippen LogP contribution in [0.25, 0.3) is 0 Å². The SMILES string of the molecule is COc1ccc2c(c1)Cc1ccc(Cl)cc1N2. The largest absolute Gasteiger partial charge is 0.497 e. The number of rotatable bonds is 1. The smallest absolute Gasteiger partial charge is 0.119 e. The molecular formula is C14H12ClNO. The maximum atomic E-state index is 5.99. The summed E-state index contributed by atoms with van der Waals surface area (Å²) in [5.74, 6) is 0.892. The van der Waals surface area contributed by atoms with Gasteiger partial charge in [0.05, 0.1) is 7.11 Å². The number of hydrogen-bond donors (Lipinski definition) is 1. The standard InChI is InChI=1S/C14H12ClNO/c1-17-12-4-5-13-10(7-12)6-9-2-3-11(15)8-14(9)16-13/h2-5,7-8,16H,6H2,1H3. The minimum Gasteiger partial charge on any atom is -0.497 e. The Labute approximate surface area is 105 Å². The lowest BCUT2D eigenvalue weighted by Gasteiger charge is -2.22. The summed E-state index contributed by atoms with van der Waals surface area (Å²) in [4.78, 5) is 0. The van der Waals surface area contributed by atoms with Crippen LogP contribution in [-0.2, 0) is 6.42 Å². The Kier molecular flexibility index (Phi) is 2.45. The average Bonchev–Trinajstić information content (AvgIpc) is 2.35. The van der Waals surface area contributed by atoms with Crippen LogP contribution in [0.4, 0.5) is 11.4 Å². The van der Waals surface area contributed by atoms with Gasteiger partial charge in [0.2, 0.25) is 0 Å². The number of methoxy groups -OCH3 is 1. The number of hydrogen-bond acceptors (Lipinski definition) is 2. The van der Waals surface area contributed by atoms with Crippen molar-refractivity contribution in [2.75, 3.05) is 12.4 Å². The predicted octanol–water partition coefficient (Wildman–Crippen LogP) is 4.00. The Balaban J connectivity index is 2.04. The van der Waals surface area contributed by atoms with Gasteiger partial charge in [0, 0.05) is 22.8 Å². The summed E-state index contributed by atoms with van der Waals surface area (Å²) in [5.41, 5.74) is 4.73. The van der Waals surface area contributed by atoms with Crippen LogP contribution in [0, 0.1) is 0 Å². The highest BCUT2D eigenvalue weighted by Crippen LogP contribution is 2.35. The topological polar surface area (TPSA) is 21.3 Å². The van der Waals surface area contributed by atoms with Gasteiger partial charge in [0.15, 0.2) is 0 Å². The van der Waals surface area contributed by atoms with Crippen LogP contribution < -0.4 is 10.1 Å². The van der Waals surface area contributed by atoms with Crippen LogP contribution in [0.3, 0.4) is 0 Å². The van der Waals surface area contributed by atoms with Gasteiger partial charge in [0.25, 0.3) is 0 Å². The molecule has 2 aromatic rings. The maximum Gasteiger partial charge on any atom is 0.119 e. The van der Waals surface area contributed by atoms with E-state index in [0.717, 1.165) is 28.6 Å². The molecular weight excluding hydrogens is 234 g/mol. The second-order valence-corrected chi connectivity index (χ2v) is 4.56. The zero-order valence-corrected chi connectivity index (χ0v) is 10.2. The molecule has 0 atom stereocenters. The molecule has 86 valence electrons. The monoisotopic (exact) mass is 245 g/mol. The van der Waals surface area contributed by atoms with E-state index >= 15 is 0 Å². The first-order valence-electron chi connectivity index (χ1n) is 5.48. The first kappa shape index (κ1) is 10.5. The summed E-state index contributed by atoms with van der Waals surface area (Å²) < 4.78 is 5.24. The second kappa shape index (κ2) is 3.97. The van der Waals surface area contributed by atoms with Crippen molar-refractivity contribution in [3.8, 4) is 5.75 Å². The van der Waals surface area contributed by atoms with E-state index in [2.05, 4.69) is 17.4 Å². The van der Waals surface area contributed by atoms with Crippen LogP contribution >= 0.6 is 11.6 Å². The molecule has 17 heavy (non-hydrogen) atoms. The molecule has 1 aliphatic rings. The van der Waals surface area contributed by atoms with Gasteiger partial charge in [0.1, 0.15) is 5.75 Å². The van der Waals surface area contributed by atoms with E-state index in [4.69, 9.17) is 16.3 Å². The summed E-state index contributed by atoms with van der Waals surface area (Å²) in [7, 11) is 1.69. The van der Waals surface area contributed by atoms with E-state index in [1.54, 1.807) is 7.11 Å². The van der Waals surface area contributed by atoms with E-state index in [0.29, 0.717) is 0 Å². The Hall–Kier alpha value is -1.67. The molecule has 0 radical (unpaired) electrons. The molecule has 3 heteroatoms. The van der Waals surface area contributed by atoms with Crippen LogP contribution in [-0.4, -0.2) is 7.11 Å². The van der Waals surface area contributed by atoms with E-state index in [9.17, 15) is 0 Å². The predicted molar refractivity (Wildman–Crippen MR) is 70.5 cm³/mol. The van der Waals surface area contributed by atoms with Gasteiger partial charge in [-0.15, -0.1) is 0 Å². The molecule has 0 amide bonds. The third-order valence-electron chi connectivity index (χ3n) is 3.03. The summed E-state index contributed by atoms with van der Waals surface area (Å²) in [6.07, 6.45) is 0.909. The fourth-order valence-electron chi connectivity index (χ4n) is 2.13. The zero-order chi connectivity index (χ0) is 11.8. The van der Waals surface area contributed by atoms with Crippen molar-refractivity contribution in [3.63, 3.8) is 0 Å². The zero-order valence-electron chi connectivity index (χ0n) is 9.46. The molecule has 0 unspecified atom stereocenters. The summed E-state index contributed by atoms with van der Waals surface area (Å²) >= 11 is 5.99. The second-order valence-electron chi connectivity index (χ2n) is 4.13. The van der Waals surface area contributed by atoms with Crippen molar-refractivity contribution in [2.24, 2.45) is 0 Å². The van der Waals surface area contributed by atoms with Crippen LogP contribution in [0.1, 0.15) is 11.1 Å². The lowest BCUT2D eigenvalue weighted by molar-refractivity contribution is 0.414. The van der Waals surface area contributed by atoms with Crippen molar-refractivity contribution in [3.05, 3.63) is 52.5 Å². The van der Waals surface area contributed by atoms with Crippen molar-refractivity contribution < 1.29 is 4.74 Å². The van der Waals surface area contributed by atoms with Crippen molar-refractivity contribution in [1.29, 1.82) is 0 Å². The molecule has 0 aliphatic carbocycles. The van der Waals surface area contributed by atoms with Gasteiger partial charge >= 0.3 is 0 Å². The first-order valence-corrected chi connectivity index (χ1v) is 5.86. The third-order valence-corrected chi connectivity index (χ3v) is 3.27. The Morgan fingerprint density at radius 2 is 1.94 bits per heavy atom. The lowest BCUT2D eigenvalue weighted by Crippen LogP contribution is -2.06. The van der Waals surface area contributed by atoms with E-state index in [1.165, 1.54) is 11.1 Å². The van der Waals surface area contributed by atoms with E-state index in [-0.39, 0.29) is 0 Å². The molecule has 0 aromatic heterocycles. The van der Waals surface area contributed by atoms with Gasteiger partial charge in [-0.05, 0) is 41.5 Å². The average molecular weight is 246 g/mol. The minimum absolute atomic E-state index is 0.758. The van der Waals surface area contributed by atoms with Gasteiger partial charge in [-0.3, -0.25) is 0 Å². The molecule has 2 nitrogen and oxygen atoms in total. The van der Waals surface area contributed by atoms with Gasteiger partial charge < -0.3 is 10.1 Å². The fraction of sp³-hybridized carbons (Fsp3) is 0.143. The fourth-order valence-corrected chi connectivity index (χ4v) is 2.31. The quantitative estimate of drug-likeness (QED) is 0.700. The van der Waals surface area contributed by atoms with Gasteiger partial charge in [-0.2, -0.15) is 0 Å². The first-order chi connectivity index (χ1) is 8.26. The molecule has 2 aromatic carbocycles. The van der Waals surface area contributed by atoms with E-state index in [1.807, 2.05) is 24.3 Å². The van der Waals surface area contributed by atoms with Crippen LogP contribution in [0.2, 0.25) is 5.02 Å². The maximum absolute atomic E-state index is 5.99. The molecule has 0 saturated heterocycles.